The number of rotatable bonds is 75. The normalized spacial score (nSPS) is 12.5. The van der Waals surface area contributed by atoms with E-state index in [0.29, 0.717) is 25.9 Å². The van der Waals surface area contributed by atoms with Crippen LogP contribution in [0.2, 0.25) is 0 Å². The van der Waals surface area contributed by atoms with Gasteiger partial charge in [-0.1, -0.05) is 405 Å². The summed E-state index contributed by atoms with van der Waals surface area (Å²) in [4.78, 5) is 24.6. The molecule has 1 amide bonds. The van der Waals surface area contributed by atoms with Crippen LogP contribution < -0.4 is 5.32 Å². The Morgan fingerprint density at radius 1 is 0.318 bits per heavy atom. The van der Waals surface area contributed by atoms with E-state index in [0.717, 1.165) is 44.9 Å². The van der Waals surface area contributed by atoms with E-state index in [9.17, 15) is 19.8 Å². The van der Waals surface area contributed by atoms with Gasteiger partial charge in [-0.25, -0.2) is 0 Å². The van der Waals surface area contributed by atoms with Gasteiger partial charge in [0.05, 0.1) is 25.4 Å². The number of ether oxygens (including phenoxy) is 1. The lowest BCUT2D eigenvalue weighted by molar-refractivity contribution is -0.143. The lowest BCUT2D eigenvalue weighted by atomic mass is 10.0. The molecule has 506 valence electrons. The Bertz CT molecular complexity index is 1290. The molecular weight excluding hydrogens is 1040 g/mol. The van der Waals surface area contributed by atoms with Crippen LogP contribution in [-0.4, -0.2) is 47.4 Å². The Hall–Kier alpha value is -1.40. The first-order chi connectivity index (χ1) is 42.0. The first-order valence-electron chi connectivity index (χ1n) is 39.4. The van der Waals surface area contributed by atoms with E-state index in [1.54, 1.807) is 0 Å². The van der Waals surface area contributed by atoms with Crippen molar-refractivity contribution in [3.05, 3.63) is 12.2 Å². The molecule has 2 atom stereocenters. The summed E-state index contributed by atoms with van der Waals surface area (Å²) in [5, 5.41) is 23.4. The van der Waals surface area contributed by atoms with Gasteiger partial charge in [-0.3, -0.25) is 9.59 Å². The molecule has 6 nitrogen and oxygen atoms in total. The Kier molecular flexibility index (Phi) is 73.8. The first-order valence-corrected chi connectivity index (χ1v) is 39.4. The molecular formula is C79H155NO5. The Balaban J connectivity index is 3.31. The van der Waals surface area contributed by atoms with Gasteiger partial charge in [0.15, 0.2) is 0 Å². The summed E-state index contributed by atoms with van der Waals surface area (Å²) < 4.78 is 5.50. The third-order valence-electron chi connectivity index (χ3n) is 18.8. The molecule has 0 radical (unpaired) electrons. The number of aliphatic hydroxyl groups is 2. The first kappa shape index (κ1) is 83.6. The summed E-state index contributed by atoms with van der Waals surface area (Å²) in [5.41, 5.74) is 0. The average Bonchev–Trinajstić information content (AvgIpc) is 3.51. The van der Waals surface area contributed by atoms with Gasteiger partial charge < -0.3 is 20.3 Å². The van der Waals surface area contributed by atoms with Gasteiger partial charge >= 0.3 is 5.97 Å². The summed E-state index contributed by atoms with van der Waals surface area (Å²) in [7, 11) is 0. The quantitative estimate of drug-likeness (QED) is 0.0320. The smallest absolute Gasteiger partial charge is 0.305 e. The topological polar surface area (TPSA) is 95.9 Å². The predicted octanol–water partition coefficient (Wildman–Crippen LogP) is 25.9. The van der Waals surface area contributed by atoms with Crippen LogP contribution in [0.25, 0.3) is 0 Å². The molecule has 0 saturated carbocycles. The molecule has 0 fully saturated rings. The minimum atomic E-state index is -0.661. The van der Waals surface area contributed by atoms with Gasteiger partial charge in [0.2, 0.25) is 5.91 Å². The fraction of sp³-hybridized carbons (Fsp3) is 0.949. The highest BCUT2D eigenvalue weighted by atomic mass is 16.5. The average molecular weight is 1200 g/mol. The fourth-order valence-electron chi connectivity index (χ4n) is 12.8. The molecule has 3 N–H and O–H groups in total. The van der Waals surface area contributed by atoms with E-state index in [2.05, 4.69) is 31.3 Å². The maximum absolute atomic E-state index is 12.6. The van der Waals surface area contributed by atoms with Crippen LogP contribution in [0.3, 0.4) is 0 Å². The number of hydrogen-bond acceptors (Lipinski definition) is 5. The van der Waals surface area contributed by atoms with Gasteiger partial charge in [-0.15, -0.1) is 0 Å². The summed E-state index contributed by atoms with van der Waals surface area (Å²) >= 11 is 0. The third-order valence-corrected chi connectivity index (χ3v) is 18.8. The van der Waals surface area contributed by atoms with Crippen LogP contribution in [0.15, 0.2) is 12.2 Å². The largest absolute Gasteiger partial charge is 0.466 e. The second-order valence-electron chi connectivity index (χ2n) is 27.4. The highest BCUT2D eigenvalue weighted by molar-refractivity contribution is 5.76. The second kappa shape index (κ2) is 75.1. The number of nitrogens with one attached hydrogen (secondary N) is 1. The Labute approximate surface area is 533 Å². The van der Waals surface area contributed by atoms with Gasteiger partial charge in [-0.2, -0.15) is 0 Å². The van der Waals surface area contributed by atoms with Crippen LogP contribution in [0.1, 0.15) is 457 Å². The zero-order valence-electron chi connectivity index (χ0n) is 58.1. The fourth-order valence-corrected chi connectivity index (χ4v) is 12.8. The van der Waals surface area contributed by atoms with Crippen LogP contribution >= 0.6 is 0 Å². The number of hydrogen-bond donors (Lipinski definition) is 3. The molecule has 6 heteroatoms. The van der Waals surface area contributed by atoms with E-state index >= 15 is 0 Å². The summed E-state index contributed by atoms with van der Waals surface area (Å²) in [5.74, 6) is -0.00947. The maximum atomic E-state index is 12.6. The van der Waals surface area contributed by atoms with E-state index in [1.165, 1.54) is 379 Å². The number of carbonyl (C=O) groups excluding carboxylic acids is 2. The van der Waals surface area contributed by atoms with Crippen molar-refractivity contribution in [1.82, 2.24) is 5.32 Å². The van der Waals surface area contributed by atoms with Crippen molar-refractivity contribution >= 4 is 11.9 Å². The molecule has 0 aliphatic rings. The zero-order valence-corrected chi connectivity index (χ0v) is 58.1. The lowest BCUT2D eigenvalue weighted by Gasteiger charge is -2.22. The number of esters is 1. The molecule has 85 heavy (non-hydrogen) atoms. The van der Waals surface area contributed by atoms with Gasteiger partial charge in [0, 0.05) is 12.8 Å². The molecule has 0 aromatic carbocycles. The van der Waals surface area contributed by atoms with Crippen molar-refractivity contribution in [2.24, 2.45) is 0 Å². The maximum Gasteiger partial charge on any atom is 0.305 e. The molecule has 0 aromatic rings. The van der Waals surface area contributed by atoms with Crippen molar-refractivity contribution in [2.75, 3.05) is 13.2 Å². The lowest BCUT2D eigenvalue weighted by Crippen LogP contribution is -2.45. The predicted molar refractivity (Wildman–Crippen MR) is 375 cm³/mol. The number of aliphatic hydroxyl groups excluding tert-OH is 2. The molecule has 0 bridgehead atoms. The van der Waals surface area contributed by atoms with E-state index in [-0.39, 0.29) is 18.5 Å². The van der Waals surface area contributed by atoms with E-state index in [1.807, 2.05) is 0 Å². The third kappa shape index (κ3) is 71.6. The van der Waals surface area contributed by atoms with E-state index < -0.39 is 12.1 Å². The molecule has 2 unspecified atom stereocenters. The second-order valence-corrected chi connectivity index (χ2v) is 27.4. The Morgan fingerprint density at radius 3 is 0.835 bits per heavy atom. The highest BCUT2D eigenvalue weighted by Crippen LogP contribution is 2.20. The minimum absolute atomic E-state index is 0.0155. The van der Waals surface area contributed by atoms with Gasteiger partial charge in [0.25, 0.3) is 0 Å². The van der Waals surface area contributed by atoms with E-state index in [4.69, 9.17) is 4.74 Å². The van der Waals surface area contributed by atoms with Crippen molar-refractivity contribution in [3.8, 4) is 0 Å². The molecule has 0 rings (SSSR count). The van der Waals surface area contributed by atoms with Gasteiger partial charge in [-0.05, 0) is 51.4 Å². The zero-order chi connectivity index (χ0) is 61.3. The van der Waals surface area contributed by atoms with Crippen LogP contribution in [-0.2, 0) is 14.3 Å². The molecule has 0 spiro atoms. The molecule has 0 aliphatic heterocycles. The number of unbranched alkanes of at least 4 members (excludes halogenated alkanes) is 62. The summed E-state index contributed by atoms with van der Waals surface area (Å²) in [6.45, 7) is 5.00. The summed E-state index contributed by atoms with van der Waals surface area (Å²) in [6.07, 6.45) is 94.5. The van der Waals surface area contributed by atoms with Gasteiger partial charge in [0.1, 0.15) is 0 Å². The molecule has 0 saturated heterocycles. The number of carbonyl (C=O) groups is 2. The van der Waals surface area contributed by atoms with Crippen LogP contribution in [0.5, 0.6) is 0 Å². The monoisotopic (exact) mass is 1200 g/mol. The van der Waals surface area contributed by atoms with Crippen molar-refractivity contribution in [1.29, 1.82) is 0 Å². The summed E-state index contributed by atoms with van der Waals surface area (Å²) in [6, 6.07) is -0.538. The SMILES string of the molecule is CCCCCCCCC/C=C\CCCCCCCC(=O)OCCCCCCCCCCCCCCCCCCCCCCCCCCCCCCCCCCCC(=O)NC(CO)C(O)CCCCCCCCCCCCCCCCCCCCC. The number of allylic oxidation sites excluding steroid dienone is 2. The minimum Gasteiger partial charge on any atom is -0.466 e. The van der Waals surface area contributed by atoms with Crippen molar-refractivity contribution in [3.63, 3.8) is 0 Å². The Morgan fingerprint density at radius 2 is 0.553 bits per heavy atom. The highest BCUT2D eigenvalue weighted by Gasteiger charge is 2.20. The van der Waals surface area contributed by atoms with Crippen LogP contribution in [0, 0.1) is 0 Å². The van der Waals surface area contributed by atoms with Crippen molar-refractivity contribution < 1.29 is 24.5 Å². The molecule has 0 aliphatic carbocycles. The molecule has 0 heterocycles. The molecule has 0 aromatic heterocycles. The standard InChI is InChI=1S/C79H155NO5/c1-3-5-7-9-11-13-15-17-19-21-37-40-43-47-51-55-59-63-67-71-77(82)76(75-81)80-78(83)72-68-64-60-56-52-48-44-41-38-35-33-31-29-27-25-23-22-24-26-28-30-32-34-36-39-42-46-50-54-58-62-66-70-74-85-79(84)73-69-65-61-57-53-49-45-20-18-16-14-12-10-8-6-4-2/h20,45,76-77,81-82H,3-19,21-44,46-75H2,1-2H3,(H,80,83)/b45-20-. The van der Waals surface area contributed by atoms with Crippen LogP contribution in [0.4, 0.5) is 0 Å². The number of amides is 1. The van der Waals surface area contributed by atoms with Crippen molar-refractivity contribution in [2.45, 2.75) is 469 Å².